The van der Waals surface area contributed by atoms with Crippen molar-refractivity contribution in [2.45, 2.75) is 0 Å². The first-order valence-corrected chi connectivity index (χ1v) is 21.6. The number of rotatable bonds is 6. The van der Waals surface area contributed by atoms with Gasteiger partial charge in [0.2, 0.25) is 0 Å². The molecule has 0 bridgehead atoms. The highest BCUT2D eigenvalue weighted by atomic mass is 16.3. The van der Waals surface area contributed by atoms with Crippen LogP contribution in [0.1, 0.15) is 0 Å². The molecule has 13 rings (SSSR count). The van der Waals surface area contributed by atoms with Gasteiger partial charge in [0.05, 0.1) is 27.6 Å². The highest BCUT2D eigenvalue weighted by Crippen LogP contribution is 2.47. The number of pyridine rings is 1. The summed E-state index contributed by atoms with van der Waals surface area (Å²) in [5, 5.41) is 9.67. The first-order valence-electron chi connectivity index (χ1n) is 21.6. The molecule has 0 aliphatic rings. The Labute approximate surface area is 363 Å². The minimum Gasteiger partial charge on any atom is -0.456 e. The predicted octanol–water partition coefficient (Wildman–Crippen LogP) is 16.9. The van der Waals surface area contributed by atoms with Gasteiger partial charge < -0.3 is 13.7 Å². The number of fused-ring (bicyclic) bond motifs is 12. The van der Waals surface area contributed by atoms with Crippen LogP contribution < -0.4 is 4.90 Å². The normalized spacial score (nSPS) is 11.8. The monoisotopic (exact) mass is 802 g/mol. The second-order valence-corrected chi connectivity index (χ2v) is 16.4. The van der Waals surface area contributed by atoms with Crippen LogP contribution in [-0.2, 0) is 0 Å². The zero-order chi connectivity index (χ0) is 41.4. The molecule has 0 saturated heterocycles. The maximum Gasteiger partial charge on any atom is 0.137 e. The van der Waals surface area contributed by atoms with Crippen molar-refractivity contribution in [3.05, 3.63) is 231 Å². The highest BCUT2D eigenvalue weighted by Gasteiger charge is 2.23. The van der Waals surface area contributed by atoms with Crippen molar-refractivity contribution >= 4 is 87.9 Å². The molecule has 0 saturated carbocycles. The lowest BCUT2D eigenvalue weighted by molar-refractivity contribution is 0.669. The lowest BCUT2D eigenvalue weighted by Gasteiger charge is -2.27. The number of anilines is 3. The molecule has 0 N–H and O–H groups in total. The molecule has 0 unspecified atom stereocenters. The van der Waals surface area contributed by atoms with Crippen LogP contribution in [0.15, 0.2) is 235 Å². The minimum atomic E-state index is 0.864. The van der Waals surface area contributed by atoms with E-state index in [2.05, 4.69) is 234 Å². The third-order valence-corrected chi connectivity index (χ3v) is 13.0. The van der Waals surface area contributed by atoms with Gasteiger partial charge in [-0.1, -0.05) is 176 Å². The summed E-state index contributed by atoms with van der Waals surface area (Å²) < 4.78 is 8.94. The Morgan fingerprint density at radius 3 is 1.68 bits per heavy atom. The maximum atomic E-state index is 6.45. The summed E-state index contributed by atoms with van der Waals surface area (Å²) in [6.07, 6.45) is 0. The Morgan fingerprint density at radius 2 is 0.889 bits per heavy atom. The van der Waals surface area contributed by atoms with Crippen LogP contribution in [0.3, 0.4) is 0 Å². The molecule has 3 heteroatoms. The third-order valence-electron chi connectivity index (χ3n) is 13.0. The molecular weight excluding hydrogens is 765 g/mol. The second kappa shape index (κ2) is 14.1. The topological polar surface area (TPSA) is 20.8 Å². The fraction of sp³-hybridized carbons (Fsp3) is 0. The van der Waals surface area contributed by atoms with Crippen LogP contribution in [0.5, 0.6) is 0 Å². The predicted molar refractivity (Wildman–Crippen MR) is 266 cm³/mol. The maximum absolute atomic E-state index is 6.45. The summed E-state index contributed by atoms with van der Waals surface area (Å²) in [4.78, 5) is 2.38. The van der Waals surface area contributed by atoms with Gasteiger partial charge in [-0.15, -0.1) is 0 Å². The van der Waals surface area contributed by atoms with Crippen molar-refractivity contribution < 1.29 is 4.42 Å². The van der Waals surface area contributed by atoms with Crippen LogP contribution in [0.25, 0.3) is 104 Å². The van der Waals surface area contributed by atoms with E-state index in [0.717, 1.165) is 44.6 Å². The smallest absolute Gasteiger partial charge is 0.137 e. The van der Waals surface area contributed by atoms with E-state index in [1.807, 2.05) is 6.07 Å². The molecule has 0 spiro atoms. The fourth-order valence-corrected chi connectivity index (χ4v) is 10.2. The average Bonchev–Trinajstić information content (AvgIpc) is 3.92. The third kappa shape index (κ3) is 5.46. The fourth-order valence-electron chi connectivity index (χ4n) is 10.2. The molecule has 3 nitrogen and oxygen atoms in total. The van der Waals surface area contributed by atoms with Crippen LogP contribution in [0.2, 0.25) is 0 Å². The first-order chi connectivity index (χ1) is 31.3. The van der Waals surface area contributed by atoms with Crippen molar-refractivity contribution in [3.8, 4) is 33.4 Å². The molecule has 10 aromatic carbocycles. The minimum absolute atomic E-state index is 0.864. The number of para-hydroxylation sites is 2. The van der Waals surface area contributed by atoms with Gasteiger partial charge in [-0.2, -0.15) is 0 Å². The average molecular weight is 803 g/mol. The molecule has 3 aromatic heterocycles. The van der Waals surface area contributed by atoms with Crippen molar-refractivity contribution in [1.29, 1.82) is 0 Å². The van der Waals surface area contributed by atoms with Crippen LogP contribution in [-0.4, -0.2) is 4.40 Å². The van der Waals surface area contributed by atoms with Crippen LogP contribution in [0, 0.1) is 0 Å². The molecule has 0 aliphatic carbocycles. The Kier molecular flexibility index (Phi) is 7.91. The lowest BCUT2D eigenvalue weighted by atomic mass is 9.94. The van der Waals surface area contributed by atoms with Crippen molar-refractivity contribution in [3.63, 3.8) is 0 Å². The molecule has 0 aliphatic heterocycles. The molecule has 3 heterocycles. The SMILES string of the molecule is c1ccc(-c2c3c(-c4ccc(N(c5ccc(-c6cccc7ccccc67)cc5)c5cccc6oc7ccccc7c56)cc4)cccc3n3c4ccccc4c4ccccc4c23)cc1. The summed E-state index contributed by atoms with van der Waals surface area (Å²) in [7, 11) is 0. The van der Waals surface area contributed by atoms with E-state index >= 15 is 0 Å². The van der Waals surface area contributed by atoms with Crippen molar-refractivity contribution in [1.82, 2.24) is 4.40 Å². The Morgan fingerprint density at radius 1 is 0.333 bits per heavy atom. The van der Waals surface area contributed by atoms with E-state index in [4.69, 9.17) is 4.42 Å². The lowest BCUT2D eigenvalue weighted by Crippen LogP contribution is -2.10. The molecule has 63 heavy (non-hydrogen) atoms. The Hall–Kier alpha value is -8.40. The molecule has 0 amide bonds. The van der Waals surface area contributed by atoms with Gasteiger partial charge in [-0.05, 0) is 98.6 Å². The van der Waals surface area contributed by atoms with E-state index in [0.29, 0.717) is 0 Å². The zero-order valence-corrected chi connectivity index (χ0v) is 34.2. The van der Waals surface area contributed by atoms with Gasteiger partial charge in [0.25, 0.3) is 0 Å². The quantitative estimate of drug-likeness (QED) is 0.156. The number of benzene rings is 10. The van der Waals surface area contributed by atoms with Gasteiger partial charge in [0, 0.05) is 38.5 Å². The van der Waals surface area contributed by atoms with Crippen molar-refractivity contribution in [2.75, 3.05) is 4.90 Å². The van der Waals surface area contributed by atoms with Gasteiger partial charge in [0.1, 0.15) is 11.2 Å². The Balaban J connectivity index is 1.02. The van der Waals surface area contributed by atoms with E-state index in [1.54, 1.807) is 0 Å². The molecule has 294 valence electrons. The number of hydrogen-bond acceptors (Lipinski definition) is 2. The van der Waals surface area contributed by atoms with E-state index < -0.39 is 0 Å². The van der Waals surface area contributed by atoms with Crippen LogP contribution >= 0.6 is 0 Å². The standard InChI is InChI=1S/C60H38N2O/c1-2-16-42(17-3-1)57-59-47(25-13-27-54(59)62-52-26-10-8-21-49(52)48-20-6-7-22-50(48)60(57)62)41-33-37-44(38-34-41)61(53-28-14-30-56-58(53)51-23-9-11-29-55(51)63-56)43-35-31-40(32-36-43)46-24-12-18-39-15-4-5-19-45(39)46/h1-38H. The number of hydrogen-bond donors (Lipinski definition) is 0. The Bertz CT molecular complexity index is 3890. The zero-order valence-electron chi connectivity index (χ0n) is 34.2. The summed E-state index contributed by atoms with van der Waals surface area (Å²) in [5.41, 5.74) is 15.8. The molecular formula is C60H38N2O. The molecule has 13 aromatic rings. The number of nitrogens with zero attached hydrogens (tertiary/aromatic N) is 2. The molecule has 0 radical (unpaired) electrons. The largest absolute Gasteiger partial charge is 0.456 e. The van der Waals surface area contributed by atoms with E-state index in [1.165, 1.54) is 76.7 Å². The highest BCUT2D eigenvalue weighted by molar-refractivity contribution is 6.24. The summed E-state index contributed by atoms with van der Waals surface area (Å²) in [6, 6.07) is 83.4. The van der Waals surface area contributed by atoms with E-state index in [9.17, 15) is 0 Å². The first kappa shape index (κ1) is 35.4. The summed E-state index contributed by atoms with van der Waals surface area (Å²) in [5.74, 6) is 0. The van der Waals surface area contributed by atoms with Gasteiger partial charge >= 0.3 is 0 Å². The molecule has 0 fully saturated rings. The summed E-state index contributed by atoms with van der Waals surface area (Å²) in [6.45, 7) is 0. The summed E-state index contributed by atoms with van der Waals surface area (Å²) >= 11 is 0. The van der Waals surface area contributed by atoms with Gasteiger partial charge in [0.15, 0.2) is 0 Å². The molecule has 0 atom stereocenters. The van der Waals surface area contributed by atoms with Crippen molar-refractivity contribution in [2.24, 2.45) is 0 Å². The number of furan rings is 1. The second-order valence-electron chi connectivity index (χ2n) is 16.4. The van der Waals surface area contributed by atoms with Gasteiger partial charge in [-0.25, -0.2) is 0 Å². The van der Waals surface area contributed by atoms with E-state index in [-0.39, 0.29) is 0 Å². The van der Waals surface area contributed by atoms with Gasteiger partial charge in [-0.3, -0.25) is 0 Å². The van der Waals surface area contributed by atoms with Crippen LogP contribution in [0.4, 0.5) is 17.1 Å². The number of aromatic nitrogens is 1.